The van der Waals surface area contributed by atoms with Crippen LogP contribution in [-0.4, -0.2) is 35.3 Å². The Kier molecular flexibility index (Phi) is 4.23. The zero-order chi connectivity index (χ0) is 18.3. The number of carboxylic acids is 1. The summed E-state index contributed by atoms with van der Waals surface area (Å²) in [6.07, 6.45) is 0.0797. The standard InChI is InChI=1S/C16H13F3N2O4/c1-6(18)11-7(3-20-4-8(11)19)12-13(15(22)23)9(2-17)21-10-5-25-16(24)14(10)12/h3-4,6,12,21H,2,5H2,1H3,(H,22,23)/t6-,12+/m0/s1. The maximum Gasteiger partial charge on any atom is 0.337 e. The highest BCUT2D eigenvalue weighted by Gasteiger charge is 2.43. The number of hydrogen-bond donors (Lipinski definition) is 2. The largest absolute Gasteiger partial charge is 0.478 e. The molecule has 0 spiro atoms. The molecule has 0 radical (unpaired) electrons. The van der Waals surface area contributed by atoms with E-state index in [1.807, 2.05) is 0 Å². The molecule has 6 nitrogen and oxygen atoms in total. The van der Waals surface area contributed by atoms with Crippen LogP contribution in [0, 0.1) is 5.82 Å². The third-order valence-electron chi connectivity index (χ3n) is 4.14. The molecule has 3 rings (SSSR count). The number of aromatic nitrogens is 1. The molecule has 0 saturated carbocycles. The average molecular weight is 354 g/mol. The van der Waals surface area contributed by atoms with Gasteiger partial charge in [0.2, 0.25) is 0 Å². The first-order valence-electron chi connectivity index (χ1n) is 7.33. The fourth-order valence-corrected chi connectivity index (χ4v) is 3.16. The molecule has 3 heterocycles. The van der Waals surface area contributed by atoms with Gasteiger partial charge in [0.25, 0.3) is 0 Å². The van der Waals surface area contributed by atoms with Crippen molar-refractivity contribution in [2.75, 3.05) is 13.3 Å². The summed E-state index contributed by atoms with van der Waals surface area (Å²) in [4.78, 5) is 27.4. The molecule has 0 unspecified atom stereocenters. The SMILES string of the molecule is C[C@H](F)c1c(F)cncc1[C@@H]1C(C(=O)O)=C(CF)NC2=C1C(=O)OC2. The maximum absolute atomic E-state index is 14.1. The van der Waals surface area contributed by atoms with Gasteiger partial charge in [0.15, 0.2) is 0 Å². The van der Waals surface area contributed by atoms with Crippen molar-refractivity contribution in [2.45, 2.75) is 19.0 Å². The molecule has 2 atom stereocenters. The Morgan fingerprint density at radius 3 is 2.84 bits per heavy atom. The van der Waals surface area contributed by atoms with E-state index in [0.717, 1.165) is 19.3 Å². The topological polar surface area (TPSA) is 88.5 Å². The van der Waals surface area contributed by atoms with Gasteiger partial charge in [-0.05, 0) is 12.5 Å². The predicted octanol–water partition coefficient (Wildman–Crippen LogP) is 2.06. The second-order valence-corrected chi connectivity index (χ2v) is 5.60. The molecule has 0 amide bonds. The van der Waals surface area contributed by atoms with Crippen molar-refractivity contribution in [3.63, 3.8) is 0 Å². The van der Waals surface area contributed by atoms with Crippen molar-refractivity contribution in [1.29, 1.82) is 0 Å². The number of carbonyl (C=O) groups is 2. The minimum atomic E-state index is -1.79. The van der Waals surface area contributed by atoms with Gasteiger partial charge in [-0.15, -0.1) is 0 Å². The van der Waals surface area contributed by atoms with Crippen molar-refractivity contribution in [3.05, 3.63) is 51.9 Å². The zero-order valence-corrected chi connectivity index (χ0v) is 13.0. The number of alkyl halides is 2. The summed E-state index contributed by atoms with van der Waals surface area (Å²) in [5.41, 5.74) is -1.31. The number of nitrogens with zero attached hydrogens (tertiary/aromatic N) is 1. The van der Waals surface area contributed by atoms with Gasteiger partial charge in [-0.3, -0.25) is 4.98 Å². The van der Waals surface area contributed by atoms with Crippen LogP contribution in [0.15, 0.2) is 34.9 Å². The van der Waals surface area contributed by atoms with Crippen LogP contribution in [0.1, 0.15) is 30.1 Å². The summed E-state index contributed by atoms with van der Waals surface area (Å²) in [5, 5.41) is 12.1. The zero-order valence-electron chi connectivity index (χ0n) is 13.0. The molecular formula is C16H13F3N2O4. The molecule has 1 aromatic rings. The summed E-state index contributed by atoms with van der Waals surface area (Å²) >= 11 is 0. The number of allylic oxidation sites excluding steroid dienone is 1. The summed E-state index contributed by atoms with van der Waals surface area (Å²) in [6.45, 7) is -0.290. The van der Waals surface area contributed by atoms with E-state index in [9.17, 15) is 27.9 Å². The van der Waals surface area contributed by atoms with E-state index < -0.39 is 47.7 Å². The second-order valence-electron chi connectivity index (χ2n) is 5.60. The Morgan fingerprint density at radius 2 is 2.24 bits per heavy atom. The van der Waals surface area contributed by atoms with E-state index in [-0.39, 0.29) is 29.1 Å². The molecule has 0 aliphatic carbocycles. The molecule has 132 valence electrons. The number of aliphatic carboxylic acids is 1. The van der Waals surface area contributed by atoms with E-state index >= 15 is 0 Å². The molecule has 25 heavy (non-hydrogen) atoms. The molecule has 0 fully saturated rings. The van der Waals surface area contributed by atoms with Crippen LogP contribution in [-0.2, 0) is 14.3 Å². The van der Waals surface area contributed by atoms with Gasteiger partial charge in [0, 0.05) is 11.8 Å². The van der Waals surface area contributed by atoms with Crippen LogP contribution in [0.5, 0.6) is 0 Å². The van der Waals surface area contributed by atoms with E-state index in [0.29, 0.717) is 0 Å². The predicted molar refractivity (Wildman–Crippen MR) is 78.2 cm³/mol. The summed E-state index contributed by atoms with van der Waals surface area (Å²) in [7, 11) is 0. The van der Waals surface area contributed by atoms with Crippen LogP contribution in [0.2, 0.25) is 0 Å². The van der Waals surface area contributed by atoms with Gasteiger partial charge < -0.3 is 15.2 Å². The molecule has 1 aromatic heterocycles. The van der Waals surface area contributed by atoms with Gasteiger partial charge in [0.05, 0.1) is 34.7 Å². The Bertz CT molecular complexity index is 833. The second kappa shape index (κ2) is 6.23. The van der Waals surface area contributed by atoms with E-state index in [4.69, 9.17) is 4.74 Å². The van der Waals surface area contributed by atoms with Gasteiger partial charge in [-0.1, -0.05) is 0 Å². The number of ether oxygens (including phenoxy) is 1. The molecular weight excluding hydrogens is 341 g/mol. The molecule has 2 N–H and O–H groups in total. The third kappa shape index (κ3) is 2.65. The highest BCUT2D eigenvalue weighted by Crippen LogP contribution is 2.43. The summed E-state index contributed by atoms with van der Waals surface area (Å²) in [5.74, 6) is -4.71. The Hall–Kier alpha value is -2.84. The van der Waals surface area contributed by atoms with Crippen molar-refractivity contribution in [1.82, 2.24) is 10.3 Å². The van der Waals surface area contributed by atoms with Crippen LogP contribution in [0.25, 0.3) is 0 Å². The number of carbonyl (C=O) groups excluding carboxylic acids is 1. The van der Waals surface area contributed by atoms with Crippen molar-refractivity contribution >= 4 is 11.9 Å². The molecule has 0 saturated heterocycles. The normalized spacial score (nSPS) is 21.0. The van der Waals surface area contributed by atoms with Crippen molar-refractivity contribution in [3.8, 4) is 0 Å². The molecule has 9 heteroatoms. The first-order chi connectivity index (χ1) is 11.9. The first-order valence-corrected chi connectivity index (χ1v) is 7.33. The number of cyclic esters (lactones) is 1. The Balaban J connectivity index is 2.31. The fourth-order valence-electron chi connectivity index (χ4n) is 3.16. The summed E-state index contributed by atoms with van der Waals surface area (Å²) in [6, 6.07) is 0. The number of nitrogens with one attached hydrogen (secondary N) is 1. The molecule has 2 aliphatic heterocycles. The summed E-state index contributed by atoms with van der Waals surface area (Å²) < 4.78 is 46.4. The number of carboxylic acid groups (broad SMARTS) is 1. The molecule has 2 aliphatic rings. The first kappa shape index (κ1) is 17.0. The minimum Gasteiger partial charge on any atom is -0.478 e. The number of hydrogen-bond acceptors (Lipinski definition) is 5. The van der Waals surface area contributed by atoms with Crippen LogP contribution >= 0.6 is 0 Å². The van der Waals surface area contributed by atoms with Crippen LogP contribution in [0.4, 0.5) is 13.2 Å². The van der Waals surface area contributed by atoms with Gasteiger partial charge >= 0.3 is 11.9 Å². The van der Waals surface area contributed by atoms with Gasteiger partial charge in [-0.25, -0.2) is 22.8 Å². The van der Waals surface area contributed by atoms with E-state index in [1.165, 1.54) is 0 Å². The van der Waals surface area contributed by atoms with Crippen LogP contribution < -0.4 is 5.32 Å². The smallest absolute Gasteiger partial charge is 0.337 e. The van der Waals surface area contributed by atoms with E-state index in [1.54, 1.807) is 0 Å². The van der Waals surface area contributed by atoms with Gasteiger partial charge in [0.1, 0.15) is 25.3 Å². The molecule has 0 bridgehead atoms. The van der Waals surface area contributed by atoms with E-state index in [2.05, 4.69) is 10.3 Å². The number of halogens is 3. The van der Waals surface area contributed by atoms with Crippen molar-refractivity contribution < 1.29 is 32.6 Å². The average Bonchev–Trinajstić information content (AvgIpc) is 2.93. The number of dihydropyridines is 1. The number of pyridine rings is 1. The van der Waals surface area contributed by atoms with Crippen molar-refractivity contribution in [2.24, 2.45) is 0 Å². The quantitative estimate of drug-likeness (QED) is 0.805. The van der Waals surface area contributed by atoms with Gasteiger partial charge in [-0.2, -0.15) is 0 Å². The maximum atomic E-state index is 14.1. The Labute approximate surface area is 140 Å². The lowest BCUT2D eigenvalue weighted by atomic mass is 9.79. The highest BCUT2D eigenvalue weighted by molar-refractivity contribution is 6.00. The monoisotopic (exact) mass is 354 g/mol. The molecule has 0 aromatic carbocycles. The lowest BCUT2D eigenvalue weighted by Gasteiger charge is -2.28. The third-order valence-corrected chi connectivity index (χ3v) is 4.14. The lowest BCUT2D eigenvalue weighted by Crippen LogP contribution is -2.32. The van der Waals surface area contributed by atoms with Crippen LogP contribution in [0.3, 0.4) is 0 Å². The number of rotatable bonds is 4. The minimum absolute atomic E-state index is 0.107. The fraction of sp³-hybridized carbons (Fsp3) is 0.312. The lowest BCUT2D eigenvalue weighted by molar-refractivity contribution is -0.136. The Morgan fingerprint density at radius 1 is 1.52 bits per heavy atom. The highest BCUT2D eigenvalue weighted by atomic mass is 19.1. The number of esters is 1.